The number of hydrogen-bond donors (Lipinski definition) is 2. The molecule has 1 amide bonds. The van der Waals surface area contributed by atoms with Crippen LogP contribution in [-0.2, 0) is 22.9 Å². The monoisotopic (exact) mass is 681 g/mol. The smallest absolute Gasteiger partial charge is 0.214 e. The highest BCUT2D eigenvalue weighted by Gasteiger charge is 2.39. The largest absolute Gasteiger partial charge is 0.351 e. The molecule has 0 radical (unpaired) electrons. The number of aryl methyl sites for hydroxylation is 1. The first-order chi connectivity index (χ1) is 25.7. The van der Waals surface area contributed by atoms with Gasteiger partial charge in [-0.05, 0) is 46.3 Å². The van der Waals surface area contributed by atoms with Crippen LogP contribution in [0.3, 0.4) is 0 Å². The molecular weight excluding hydrogens is 639 g/mol. The van der Waals surface area contributed by atoms with E-state index in [0.29, 0.717) is 25.2 Å². The fraction of sp³-hybridized carbons (Fsp3) is 0.130. The van der Waals surface area contributed by atoms with Crippen molar-refractivity contribution in [1.82, 2.24) is 15.1 Å². The number of benzene rings is 6. The minimum Gasteiger partial charge on any atom is -0.351 e. The molecule has 0 unspecified atom stereocenters. The van der Waals surface area contributed by atoms with Gasteiger partial charge in [0, 0.05) is 13.6 Å². The quantitative estimate of drug-likeness (QED) is 0.0646. The highest BCUT2D eigenvalue weighted by molar-refractivity contribution is 5.82. The molecule has 0 aliphatic carbocycles. The Labute approximate surface area is 306 Å². The maximum Gasteiger partial charge on any atom is 0.214 e. The number of amides is 1. The average Bonchev–Trinajstić information content (AvgIpc) is 3.59. The molecule has 258 valence electrons. The standard InChI is InChI=1S/C46H43N5O/c1-50-44(49-46(40-27-14-5-15-28-40,41-29-16-6-17-30-41)42-31-18-7-19-32-42)43(35-48-50)51(36-52)34-20-33-47-45(37-21-8-2-9-22-37,38-23-10-3-11-24-38)39-25-12-4-13-26-39/h2-19,21-32,35-36,47,49H,20,33-34H2,1H3. The lowest BCUT2D eigenvalue weighted by atomic mass is 9.77. The van der Waals surface area contributed by atoms with E-state index in [1.165, 1.54) is 0 Å². The van der Waals surface area contributed by atoms with E-state index < -0.39 is 11.1 Å². The van der Waals surface area contributed by atoms with Gasteiger partial charge in [-0.1, -0.05) is 182 Å². The zero-order valence-electron chi connectivity index (χ0n) is 29.3. The molecule has 2 N–H and O–H groups in total. The van der Waals surface area contributed by atoms with Crippen LogP contribution < -0.4 is 15.5 Å². The third-order valence-electron chi connectivity index (χ3n) is 9.87. The number of anilines is 2. The molecule has 0 saturated heterocycles. The number of aromatic nitrogens is 2. The van der Waals surface area contributed by atoms with Gasteiger partial charge in [0.2, 0.25) is 6.41 Å². The molecule has 0 aliphatic rings. The van der Waals surface area contributed by atoms with E-state index >= 15 is 0 Å². The van der Waals surface area contributed by atoms with E-state index in [1.807, 2.05) is 48.1 Å². The Balaban J connectivity index is 1.21. The number of nitrogens with zero attached hydrogens (tertiary/aromatic N) is 3. The Morgan fingerprint density at radius 2 is 0.904 bits per heavy atom. The van der Waals surface area contributed by atoms with Crippen molar-refractivity contribution in [2.45, 2.75) is 17.5 Å². The topological polar surface area (TPSA) is 62.2 Å². The van der Waals surface area contributed by atoms with Crippen LogP contribution >= 0.6 is 0 Å². The van der Waals surface area contributed by atoms with Crippen molar-refractivity contribution in [2.24, 2.45) is 7.05 Å². The number of carbonyl (C=O) groups is 1. The highest BCUT2D eigenvalue weighted by atomic mass is 16.1. The highest BCUT2D eigenvalue weighted by Crippen LogP contribution is 2.42. The van der Waals surface area contributed by atoms with Crippen molar-refractivity contribution in [3.8, 4) is 0 Å². The van der Waals surface area contributed by atoms with Crippen molar-refractivity contribution >= 4 is 17.9 Å². The van der Waals surface area contributed by atoms with E-state index in [9.17, 15) is 4.79 Å². The maximum atomic E-state index is 12.9. The lowest BCUT2D eigenvalue weighted by molar-refractivity contribution is -0.107. The number of hydrogen-bond acceptors (Lipinski definition) is 4. The van der Waals surface area contributed by atoms with Gasteiger partial charge in [-0.2, -0.15) is 5.10 Å². The summed E-state index contributed by atoms with van der Waals surface area (Å²) in [6, 6.07) is 63.1. The molecule has 0 bridgehead atoms. The van der Waals surface area contributed by atoms with Gasteiger partial charge in [-0.15, -0.1) is 0 Å². The van der Waals surface area contributed by atoms with Crippen LogP contribution in [0.25, 0.3) is 0 Å². The van der Waals surface area contributed by atoms with Gasteiger partial charge >= 0.3 is 0 Å². The van der Waals surface area contributed by atoms with Crippen molar-refractivity contribution < 1.29 is 4.79 Å². The Kier molecular flexibility index (Phi) is 10.4. The number of nitrogens with one attached hydrogen (secondary N) is 2. The molecule has 0 saturated carbocycles. The first kappa shape index (κ1) is 34.2. The van der Waals surface area contributed by atoms with E-state index in [-0.39, 0.29) is 0 Å². The SMILES string of the molecule is Cn1ncc(N(C=O)CCCNC(c2ccccc2)(c2ccccc2)c2ccccc2)c1NC(c1ccccc1)(c1ccccc1)c1ccccc1. The molecule has 1 heterocycles. The second kappa shape index (κ2) is 15.8. The predicted molar refractivity (Wildman–Crippen MR) is 211 cm³/mol. The molecular formula is C46H43N5O. The molecule has 0 fully saturated rings. The molecule has 7 aromatic rings. The summed E-state index contributed by atoms with van der Waals surface area (Å²) in [6.07, 6.45) is 3.39. The zero-order valence-corrected chi connectivity index (χ0v) is 29.3. The van der Waals surface area contributed by atoms with Crippen molar-refractivity contribution in [3.63, 3.8) is 0 Å². The molecule has 6 heteroatoms. The Hall–Kier alpha value is -6.24. The van der Waals surface area contributed by atoms with Gasteiger partial charge in [-0.25, -0.2) is 0 Å². The van der Waals surface area contributed by atoms with E-state index in [1.54, 1.807) is 11.1 Å². The summed E-state index contributed by atoms with van der Waals surface area (Å²) in [4.78, 5) is 14.7. The molecule has 0 spiro atoms. The molecule has 7 rings (SSSR count). The molecule has 0 aliphatic heterocycles. The first-order valence-corrected chi connectivity index (χ1v) is 17.8. The van der Waals surface area contributed by atoms with Crippen LogP contribution in [-0.4, -0.2) is 29.3 Å². The maximum absolute atomic E-state index is 12.9. The minimum atomic E-state index is -0.775. The van der Waals surface area contributed by atoms with Gasteiger partial charge in [0.1, 0.15) is 17.0 Å². The summed E-state index contributed by atoms with van der Waals surface area (Å²) < 4.78 is 1.82. The summed E-state index contributed by atoms with van der Waals surface area (Å²) in [5.74, 6) is 0.740. The summed E-state index contributed by atoms with van der Waals surface area (Å²) in [5, 5.41) is 12.6. The summed E-state index contributed by atoms with van der Waals surface area (Å²) >= 11 is 0. The third kappa shape index (κ3) is 6.64. The van der Waals surface area contributed by atoms with Gasteiger partial charge in [0.15, 0.2) is 0 Å². The van der Waals surface area contributed by atoms with Crippen LogP contribution in [0.2, 0.25) is 0 Å². The summed E-state index contributed by atoms with van der Waals surface area (Å²) in [6.45, 7) is 1.13. The van der Waals surface area contributed by atoms with Gasteiger partial charge in [-0.3, -0.25) is 14.8 Å². The van der Waals surface area contributed by atoms with Crippen molar-refractivity contribution in [3.05, 3.63) is 222 Å². The van der Waals surface area contributed by atoms with Crippen LogP contribution in [0.1, 0.15) is 39.8 Å². The van der Waals surface area contributed by atoms with E-state index in [4.69, 9.17) is 0 Å². The van der Waals surface area contributed by atoms with Crippen LogP contribution in [0.5, 0.6) is 0 Å². The molecule has 6 nitrogen and oxygen atoms in total. The average molecular weight is 682 g/mol. The van der Waals surface area contributed by atoms with Gasteiger partial charge in [0.25, 0.3) is 0 Å². The van der Waals surface area contributed by atoms with Crippen LogP contribution in [0, 0.1) is 0 Å². The molecule has 1 aromatic heterocycles. The first-order valence-electron chi connectivity index (χ1n) is 17.8. The molecule has 52 heavy (non-hydrogen) atoms. The molecule has 6 aromatic carbocycles. The second-order valence-corrected chi connectivity index (χ2v) is 12.9. The Morgan fingerprint density at radius 1 is 0.558 bits per heavy atom. The Morgan fingerprint density at radius 3 is 1.25 bits per heavy atom. The van der Waals surface area contributed by atoms with Gasteiger partial charge < -0.3 is 10.2 Å². The van der Waals surface area contributed by atoms with Crippen LogP contribution in [0.15, 0.2) is 188 Å². The van der Waals surface area contributed by atoms with Crippen LogP contribution in [0.4, 0.5) is 11.5 Å². The summed E-state index contributed by atoms with van der Waals surface area (Å²) in [5.41, 5.74) is 6.01. The lowest BCUT2D eigenvalue weighted by Gasteiger charge is -2.38. The van der Waals surface area contributed by atoms with Crippen molar-refractivity contribution in [1.29, 1.82) is 0 Å². The lowest BCUT2D eigenvalue weighted by Crippen LogP contribution is -2.45. The number of rotatable bonds is 15. The Bertz CT molecular complexity index is 1950. The summed E-state index contributed by atoms with van der Waals surface area (Å²) in [7, 11) is 1.91. The second-order valence-electron chi connectivity index (χ2n) is 12.9. The zero-order chi connectivity index (χ0) is 35.6. The van der Waals surface area contributed by atoms with E-state index in [2.05, 4.69) is 161 Å². The molecule has 0 atom stereocenters. The minimum absolute atomic E-state index is 0.486. The number of carbonyl (C=O) groups excluding carboxylic acids is 1. The van der Waals surface area contributed by atoms with Crippen molar-refractivity contribution in [2.75, 3.05) is 23.3 Å². The predicted octanol–water partition coefficient (Wildman–Crippen LogP) is 8.76. The van der Waals surface area contributed by atoms with Gasteiger partial charge in [0.05, 0.1) is 11.7 Å². The normalized spacial score (nSPS) is 11.6. The fourth-order valence-electron chi connectivity index (χ4n) is 7.37. The van der Waals surface area contributed by atoms with E-state index in [0.717, 1.165) is 45.6 Å². The third-order valence-corrected chi connectivity index (χ3v) is 9.87. The fourth-order valence-corrected chi connectivity index (χ4v) is 7.37.